The van der Waals surface area contributed by atoms with E-state index in [1.54, 1.807) is 26.0 Å². The quantitative estimate of drug-likeness (QED) is 0.527. The molecule has 3 rings (SSSR count). The maximum atomic E-state index is 13.6. The van der Waals surface area contributed by atoms with Crippen molar-refractivity contribution in [3.63, 3.8) is 0 Å². The minimum absolute atomic E-state index is 0.0424. The topological polar surface area (TPSA) is 112 Å². The molecule has 1 saturated heterocycles. The van der Waals surface area contributed by atoms with Crippen molar-refractivity contribution in [2.75, 3.05) is 41.5 Å². The van der Waals surface area contributed by atoms with Crippen LogP contribution in [0.5, 0.6) is 23.0 Å². The second-order valence-corrected chi connectivity index (χ2v) is 11.6. The van der Waals surface area contributed by atoms with Crippen LogP contribution >= 0.6 is 0 Å². The number of rotatable bonds is 8. The van der Waals surface area contributed by atoms with Gasteiger partial charge in [-0.2, -0.15) is 8.61 Å². The maximum Gasteiger partial charge on any atom is 0.247 e. The maximum absolute atomic E-state index is 13.6. The van der Waals surface area contributed by atoms with E-state index in [0.29, 0.717) is 11.5 Å². The Morgan fingerprint density at radius 3 is 1.29 bits per heavy atom. The van der Waals surface area contributed by atoms with Crippen molar-refractivity contribution < 1.29 is 35.8 Å². The van der Waals surface area contributed by atoms with E-state index in [-0.39, 0.29) is 34.4 Å². The predicted molar refractivity (Wildman–Crippen MR) is 126 cm³/mol. The first-order chi connectivity index (χ1) is 16.0. The molecule has 0 saturated carbocycles. The molecule has 12 heteroatoms. The molecular weight excluding hydrogens is 484 g/mol. The molecule has 0 N–H and O–H groups in total. The van der Waals surface area contributed by atoms with Crippen LogP contribution in [0.2, 0.25) is 0 Å². The molecule has 1 heterocycles. The first-order valence-corrected chi connectivity index (χ1v) is 13.4. The van der Waals surface area contributed by atoms with Gasteiger partial charge in [0.15, 0.2) is 0 Å². The van der Waals surface area contributed by atoms with Gasteiger partial charge in [-0.25, -0.2) is 16.8 Å². The molecule has 34 heavy (non-hydrogen) atoms. The van der Waals surface area contributed by atoms with Crippen molar-refractivity contribution in [2.24, 2.45) is 0 Å². The molecule has 1 aliphatic rings. The molecule has 0 radical (unpaired) electrons. The number of hydrogen-bond donors (Lipinski definition) is 0. The molecule has 2 aromatic rings. The summed E-state index contributed by atoms with van der Waals surface area (Å²) in [6.45, 7) is 3.24. The fourth-order valence-corrected chi connectivity index (χ4v) is 7.71. The van der Waals surface area contributed by atoms with Crippen molar-refractivity contribution in [2.45, 2.75) is 35.7 Å². The Morgan fingerprint density at radius 2 is 1.00 bits per heavy atom. The van der Waals surface area contributed by atoms with Crippen LogP contribution in [-0.4, -0.2) is 79.1 Å². The van der Waals surface area contributed by atoms with Gasteiger partial charge in [-0.1, -0.05) is 0 Å². The summed E-state index contributed by atoms with van der Waals surface area (Å²) in [7, 11) is -2.37. The summed E-state index contributed by atoms with van der Waals surface area (Å²) in [6, 6.07) is 7.76. The van der Waals surface area contributed by atoms with Gasteiger partial charge in [-0.3, -0.25) is 0 Å². The average molecular weight is 515 g/mol. The van der Waals surface area contributed by atoms with Gasteiger partial charge < -0.3 is 18.9 Å². The number of methoxy groups -OCH3 is 4. The van der Waals surface area contributed by atoms with E-state index in [2.05, 4.69) is 0 Å². The smallest absolute Gasteiger partial charge is 0.247 e. The number of nitrogens with zero attached hydrogens (tertiary/aromatic N) is 2. The normalized spacial score (nSPS) is 20.1. The van der Waals surface area contributed by atoms with Gasteiger partial charge in [-0.05, 0) is 38.1 Å². The van der Waals surface area contributed by atoms with Crippen LogP contribution in [0.3, 0.4) is 0 Å². The van der Waals surface area contributed by atoms with Gasteiger partial charge in [0, 0.05) is 37.3 Å². The third-order valence-electron chi connectivity index (χ3n) is 5.79. The molecule has 2 unspecified atom stereocenters. The van der Waals surface area contributed by atoms with E-state index in [0.717, 1.165) is 0 Å². The summed E-state index contributed by atoms with van der Waals surface area (Å²) in [5.74, 6) is 1.09. The van der Waals surface area contributed by atoms with Crippen molar-refractivity contribution in [3.05, 3.63) is 36.4 Å². The van der Waals surface area contributed by atoms with E-state index < -0.39 is 32.1 Å². The highest BCUT2D eigenvalue weighted by molar-refractivity contribution is 7.89. The van der Waals surface area contributed by atoms with E-state index >= 15 is 0 Å². The van der Waals surface area contributed by atoms with Gasteiger partial charge in [0.25, 0.3) is 0 Å². The minimum Gasteiger partial charge on any atom is -0.497 e. The molecule has 0 bridgehead atoms. The van der Waals surface area contributed by atoms with Crippen molar-refractivity contribution in [1.82, 2.24) is 8.61 Å². The summed E-state index contributed by atoms with van der Waals surface area (Å²) in [4.78, 5) is -0.0849. The lowest BCUT2D eigenvalue weighted by molar-refractivity contribution is 0.163. The standard InChI is InChI=1S/C22H30N2O8S2/c1-15-13-24(34(27,28)22-12-18(30-4)8-10-20(22)32-6)16(2)14-23(15)33(25,26)21-11-17(29-3)7-9-19(21)31-5/h7-12,15-16H,13-14H2,1-6H3. The lowest BCUT2D eigenvalue weighted by atomic mass is 10.2. The van der Waals surface area contributed by atoms with Crippen LogP contribution in [0.1, 0.15) is 13.8 Å². The van der Waals surface area contributed by atoms with Gasteiger partial charge in [-0.15, -0.1) is 0 Å². The molecule has 10 nitrogen and oxygen atoms in total. The molecule has 0 aliphatic carbocycles. The lowest BCUT2D eigenvalue weighted by Gasteiger charge is -2.42. The first-order valence-electron chi connectivity index (χ1n) is 10.5. The Hall–Kier alpha value is -2.54. The highest BCUT2D eigenvalue weighted by Gasteiger charge is 2.43. The molecule has 1 aliphatic heterocycles. The van der Waals surface area contributed by atoms with Crippen LogP contribution in [-0.2, 0) is 20.0 Å². The van der Waals surface area contributed by atoms with Crippen molar-refractivity contribution >= 4 is 20.0 Å². The number of piperazine rings is 1. The molecule has 0 spiro atoms. The Labute approximate surface area is 201 Å². The fraction of sp³-hybridized carbons (Fsp3) is 0.455. The SMILES string of the molecule is COc1ccc(OC)c(S(=O)(=O)N2CC(C)N(S(=O)(=O)c3cc(OC)ccc3OC)CC2C)c1. The molecular formula is C22H30N2O8S2. The van der Waals surface area contributed by atoms with E-state index in [9.17, 15) is 16.8 Å². The molecule has 0 amide bonds. The minimum atomic E-state index is -4.01. The molecule has 0 aromatic heterocycles. The number of ether oxygens (including phenoxy) is 4. The summed E-state index contributed by atoms with van der Waals surface area (Å²) in [6.07, 6.45) is 0. The van der Waals surface area contributed by atoms with E-state index in [4.69, 9.17) is 18.9 Å². The fourth-order valence-electron chi connectivity index (χ4n) is 3.96. The van der Waals surface area contributed by atoms with Crippen LogP contribution in [0.25, 0.3) is 0 Å². The van der Waals surface area contributed by atoms with Crippen LogP contribution < -0.4 is 18.9 Å². The van der Waals surface area contributed by atoms with Crippen LogP contribution in [0, 0.1) is 0 Å². The van der Waals surface area contributed by atoms with Gasteiger partial charge >= 0.3 is 0 Å². The predicted octanol–water partition coefficient (Wildman–Crippen LogP) is 2.19. The zero-order valence-electron chi connectivity index (χ0n) is 20.0. The van der Waals surface area contributed by atoms with Gasteiger partial charge in [0.2, 0.25) is 20.0 Å². The van der Waals surface area contributed by atoms with Crippen molar-refractivity contribution in [1.29, 1.82) is 0 Å². The number of benzene rings is 2. The Morgan fingerprint density at radius 1 is 0.647 bits per heavy atom. The summed E-state index contributed by atoms with van der Waals surface area (Å²) < 4.78 is 77.9. The Balaban J connectivity index is 1.98. The zero-order valence-corrected chi connectivity index (χ0v) is 21.6. The van der Waals surface area contributed by atoms with E-state index in [1.165, 1.54) is 61.3 Å². The van der Waals surface area contributed by atoms with Crippen molar-refractivity contribution in [3.8, 4) is 23.0 Å². The van der Waals surface area contributed by atoms with Gasteiger partial charge in [0.05, 0.1) is 28.4 Å². The lowest BCUT2D eigenvalue weighted by Crippen LogP contribution is -2.59. The number of sulfonamides is 2. The largest absolute Gasteiger partial charge is 0.497 e. The second-order valence-electron chi connectivity index (χ2n) is 7.88. The van der Waals surface area contributed by atoms with Gasteiger partial charge in [0.1, 0.15) is 32.8 Å². The highest BCUT2D eigenvalue weighted by atomic mass is 32.2. The Bertz CT molecular complexity index is 1150. The monoisotopic (exact) mass is 514 g/mol. The first kappa shape index (κ1) is 26.1. The van der Waals surface area contributed by atoms with Crippen LogP contribution in [0.4, 0.5) is 0 Å². The zero-order chi connectivity index (χ0) is 25.3. The third-order valence-corrected chi connectivity index (χ3v) is 9.79. The summed E-state index contributed by atoms with van der Waals surface area (Å²) in [5.41, 5.74) is 0. The van der Waals surface area contributed by atoms with Crippen LogP contribution in [0.15, 0.2) is 46.2 Å². The highest BCUT2D eigenvalue weighted by Crippen LogP contribution is 2.36. The summed E-state index contributed by atoms with van der Waals surface area (Å²) in [5, 5.41) is 0. The molecule has 2 aromatic carbocycles. The molecule has 188 valence electrons. The van der Waals surface area contributed by atoms with E-state index in [1.807, 2.05) is 0 Å². The molecule has 1 fully saturated rings. The Kier molecular flexibility index (Phi) is 7.65. The number of hydrogen-bond acceptors (Lipinski definition) is 8. The third kappa shape index (κ3) is 4.67. The second kappa shape index (κ2) is 9.98. The molecule has 2 atom stereocenters. The average Bonchev–Trinajstić information content (AvgIpc) is 2.83. The summed E-state index contributed by atoms with van der Waals surface area (Å²) >= 11 is 0.